The smallest absolute Gasteiger partial charge is 0.344 e. The van der Waals surface area contributed by atoms with Crippen molar-refractivity contribution in [2.75, 3.05) is 12.0 Å². The molecule has 5 rings (SSSR count). The number of benzene rings is 2. The number of hydrogen-bond donors (Lipinski definition) is 0. The number of aromatic nitrogens is 1. The summed E-state index contributed by atoms with van der Waals surface area (Å²) >= 11 is 0. The molecule has 3 heterocycles. The zero-order chi connectivity index (χ0) is 23.1. The number of nitrogens with zero attached hydrogens (tertiary/aromatic N) is 2. The quantitative estimate of drug-likeness (QED) is 0.519. The van der Waals surface area contributed by atoms with Gasteiger partial charge in [0, 0.05) is 36.7 Å². The lowest BCUT2D eigenvalue weighted by Crippen LogP contribution is -2.46. The monoisotopic (exact) mass is 446 g/mol. The molecule has 172 valence electrons. The van der Waals surface area contributed by atoms with Crippen LogP contribution in [0, 0.1) is 0 Å². The Hall–Kier alpha value is -3.28. The van der Waals surface area contributed by atoms with Gasteiger partial charge in [0.2, 0.25) is 0 Å². The van der Waals surface area contributed by atoms with E-state index >= 15 is 0 Å². The molecule has 6 heteroatoms. The van der Waals surface area contributed by atoms with Crippen molar-refractivity contribution in [3.63, 3.8) is 0 Å². The molecule has 0 saturated carbocycles. The second-order valence-electron chi connectivity index (χ2n) is 9.37. The molecule has 2 fully saturated rings. The lowest BCUT2D eigenvalue weighted by atomic mass is 9.98. The van der Waals surface area contributed by atoms with E-state index in [0.717, 1.165) is 42.3 Å². The highest BCUT2D eigenvalue weighted by atomic mass is 16.5. The average molecular weight is 447 g/mol. The predicted octanol–water partition coefficient (Wildman–Crippen LogP) is 4.95. The minimum atomic E-state index is -0.512. The number of anilines is 1. The maximum atomic E-state index is 13.2. The topological polar surface area (TPSA) is 60.8 Å². The number of pyridine rings is 1. The fourth-order valence-electron chi connectivity index (χ4n) is 5.56. The predicted molar refractivity (Wildman–Crippen MR) is 129 cm³/mol. The van der Waals surface area contributed by atoms with E-state index < -0.39 is 5.97 Å². The number of carbonyl (C=O) groups excluding carboxylic acids is 1. The van der Waals surface area contributed by atoms with Crippen LogP contribution in [-0.2, 0) is 4.74 Å². The second-order valence-corrected chi connectivity index (χ2v) is 9.37. The minimum Gasteiger partial charge on any atom is -0.497 e. The molecular weight excluding hydrogens is 416 g/mol. The fraction of sp³-hybridized carbons (Fsp3) is 0.407. The van der Waals surface area contributed by atoms with E-state index in [1.54, 1.807) is 17.7 Å². The van der Waals surface area contributed by atoms with E-state index in [-0.39, 0.29) is 23.3 Å². The SMILES string of the molecule is COc1ccc(N2C3CCC2CC(OC(=O)c2cc4ccccc4n(C(C)C)c2=O)C3)cc1. The normalized spacial score (nSPS) is 22.1. The van der Waals surface area contributed by atoms with E-state index in [1.165, 1.54) is 5.69 Å². The highest BCUT2D eigenvalue weighted by molar-refractivity contribution is 5.94. The average Bonchev–Trinajstić information content (AvgIpc) is 3.08. The number of piperidine rings is 1. The molecule has 0 aliphatic carbocycles. The van der Waals surface area contributed by atoms with Gasteiger partial charge in [0.05, 0.1) is 12.6 Å². The van der Waals surface area contributed by atoms with Crippen LogP contribution in [0.15, 0.2) is 59.4 Å². The first-order valence-electron chi connectivity index (χ1n) is 11.7. The van der Waals surface area contributed by atoms with Crippen LogP contribution in [0.1, 0.15) is 55.9 Å². The van der Waals surface area contributed by atoms with Crippen molar-refractivity contribution in [3.05, 3.63) is 70.5 Å². The molecule has 2 aliphatic heterocycles. The third-order valence-corrected chi connectivity index (χ3v) is 7.02. The van der Waals surface area contributed by atoms with Gasteiger partial charge in [0.1, 0.15) is 17.4 Å². The van der Waals surface area contributed by atoms with Crippen molar-refractivity contribution in [2.45, 2.75) is 63.8 Å². The van der Waals surface area contributed by atoms with Crippen LogP contribution in [0.2, 0.25) is 0 Å². The number of methoxy groups -OCH3 is 1. The molecule has 6 nitrogen and oxygen atoms in total. The molecule has 33 heavy (non-hydrogen) atoms. The van der Waals surface area contributed by atoms with E-state index in [9.17, 15) is 9.59 Å². The largest absolute Gasteiger partial charge is 0.497 e. The van der Waals surface area contributed by atoms with Crippen molar-refractivity contribution in [1.29, 1.82) is 0 Å². The van der Waals surface area contributed by atoms with Gasteiger partial charge in [-0.3, -0.25) is 4.79 Å². The molecule has 2 bridgehead atoms. The third kappa shape index (κ3) is 3.88. The first-order valence-corrected chi connectivity index (χ1v) is 11.7. The lowest BCUT2D eigenvalue weighted by Gasteiger charge is -2.40. The van der Waals surface area contributed by atoms with Gasteiger partial charge < -0.3 is 18.9 Å². The van der Waals surface area contributed by atoms with E-state index in [1.807, 2.05) is 50.2 Å². The maximum absolute atomic E-state index is 13.2. The van der Waals surface area contributed by atoms with Crippen LogP contribution < -0.4 is 15.2 Å². The van der Waals surface area contributed by atoms with Crippen molar-refractivity contribution in [1.82, 2.24) is 4.57 Å². The number of hydrogen-bond acceptors (Lipinski definition) is 5. The Kier molecular flexibility index (Phi) is 5.60. The van der Waals surface area contributed by atoms with Gasteiger partial charge in [-0.15, -0.1) is 0 Å². The molecule has 0 amide bonds. The maximum Gasteiger partial charge on any atom is 0.344 e. The summed E-state index contributed by atoms with van der Waals surface area (Å²) in [5.41, 5.74) is 1.85. The number of rotatable bonds is 5. The Morgan fingerprint density at radius 2 is 1.67 bits per heavy atom. The summed E-state index contributed by atoms with van der Waals surface area (Å²) in [6.45, 7) is 3.91. The Morgan fingerprint density at radius 1 is 1.00 bits per heavy atom. The summed E-state index contributed by atoms with van der Waals surface area (Å²) in [6.07, 6.45) is 3.55. The Labute approximate surface area is 193 Å². The molecule has 0 N–H and O–H groups in total. The molecular formula is C27H30N2O4. The number of fused-ring (bicyclic) bond motifs is 3. The summed E-state index contributed by atoms with van der Waals surface area (Å²) in [5, 5.41) is 0.868. The Balaban J connectivity index is 1.36. The first kappa shape index (κ1) is 21.6. The zero-order valence-corrected chi connectivity index (χ0v) is 19.4. The molecule has 2 aliphatic rings. The van der Waals surface area contributed by atoms with E-state index in [4.69, 9.17) is 9.47 Å². The molecule has 3 aromatic rings. The van der Waals surface area contributed by atoms with Crippen LogP contribution in [0.25, 0.3) is 10.9 Å². The van der Waals surface area contributed by atoms with Crippen LogP contribution in [0.3, 0.4) is 0 Å². The van der Waals surface area contributed by atoms with Crippen molar-refractivity contribution in [3.8, 4) is 5.75 Å². The van der Waals surface area contributed by atoms with Gasteiger partial charge in [-0.05, 0) is 68.5 Å². The summed E-state index contributed by atoms with van der Waals surface area (Å²) in [6, 6.07) is 18.1. The van der Waals surface area contributed by atoms with Gasteiger partial charge in [-0.2, -0.15) is 0 Å². The lowest BCUT2D eigenvalue weighted by molar-refractivity contribution is 0.0201. The molecule has 0 spiro atoms. The summed E-state index contributed by atoms with van der Waals surface area (Å²) in [5.74, 6) is 0.333. The van der Waals surface area contributed by atoms with Crippen LogP contribution in [-0.4, -0.2) is 35.8 Å². The van der Waals surface area contributed by atoms with E-state index in [2.05, 4.69) is 17.0 Å². The third-order valence-electron chi connectivity index (χ3n) is 7.02. The highest BCUT2D eigenvalue weighted by Crippen LogP contribution is 2.40. The summed E-state index contributed by atoms with van der Waals surface area (Å²) in [7, 11) is 1.67. The van der Waals surface area contributed by atoms with Crippen molar-refractivity contribution in [2.24, 2.45) is 0 Å². The highest BCUT2D eigenvalue weighted by Gasteiger charge is 2.42. The first-order chi connectivity index (χ1) is 16.0. The van der Waals surface area contributed by atoms with E-state index in [0.29, 0.717) is 12.1 Å². The Morgan fingerprint density at radius 3 is 2.30 bits per heavy atom. The van der Waals surface area contributed by atoms with Gasteiger partial charge in [0.25, 0.3) is 5.56 Å². The fourth-order valence-corrected chi connectivity index (χ4v) is 5.56. The summed E-state index contributed by atoms with van der Waals surface area (Å²) in [4.78, 5) is 28.8. The molecule has 2 atom stereocenters. The summed E-state index contributed by atoms with van der Waals surface area (Å²) < 4.78 is 12.9. The van der Waals surface area contributed by atoms with Crippen LogP contribution in [0.5, 0.6) is 5.75 Å². The number of para-hydroxylation sites is 1. The number of carbonyl (C=O) groups is 1. The van der Waals surface area contributed by atoms with Crippen LogP contribution >= 0.6 is 0 Å². The van der Waals surface area contributed by atoms with Gasteiger partial charge in [-0.25, -0.2) is 4.79 Å². The second kappa shape index (κ2) is 8.58. The van der Waals surface area contributed by atoms with Crippen molar-refractivity contribution >= 4 is 22.6 Å². The van der Waals surface area contributed by atoms with Crippen molar-refractivity contribution < 1.29 is 14.3 Å². The zero-order valence-electron chi connectivity index (χ0n) is 19.4. The molecule has 2 saturated heterocycles. The minimum absolute atomic E-state index is 0.0567. The van der Waals surface area contributed by atoms with Gasteiger partial charge in [0.15, 0.2) is 0 Å². The van der Waals surface area contributed by atoms with Crippen LogP contribution in [0.4, 0.5) is 5.69 Å². The molecule has 1 aromatic heterocycles. The molecule has 0 radical (unpaired) electrons. The van der Waals surface area contributed by atoms with Gasteiger partial charge in [-0.1, -0.05) is 18.2 Å². The molecule has 2 aromatic carbocycles. The Bertz CT molecular complexity index is 1220. The number of esters is 1. The van der Waals surface area contributed by atoms with Gasteiger partial charge >= 0.3 is 5.97 Å². The number of ether oxygens (including phenoxy) is 2. The molecule has 2 unspecified atom stereocenters. The standard InChI is InChI=1S/C27H30N2O4/c1-17(2)28-25-7-5-4-6-18(25)14-24(26(28)30)27(31)33-23-15-20-8-9-21(16-23)29(20)19-10-12-22(32-3)13-11-19/h4-7,10-14,17,20-21,23H,8-9,15-16H2,1-3H3.